The third kappa shape index (κ3) is 4.31. The van der Waals surface area contributed by atoms with Crippen molar-refractivity contribution in [1.82, 2.24) is 15.6 Å². The molecule has 2 aromatic rings. The maximum Gasteiger partial charge on any atom is 0.315 e. The lowest BCUT2D eigenvalue weighted by Crippen LogP contribution is -2.40. The maximum absolute atomic E-state index is 12.3. The van der Waals surface area contributed by atoms with Crippen LogP contribution in [0.25, 0.3) is 0 Å². The molecule has 4 nitrogen and oxygen atoms in total. The van der Waals surface area contributed by atoms with Crippen molar-refractivity contribution in [3.05, 3.63) is 66.0 Å². The minimum atomic E-state index is -0.116. The van der Waals surface area contributed by atoms with E-state index in [1.54, 1.807) is 12.4 Å². The van der Waals surface area contributed by atoms with Gasteiger partial charge < -0.3 is 10.6 Å². The van der Waals surface area contributed by atoms with Crippen molar-refractivity contribution in [1.29, 1.82) is 0 Å². The monoisotopic (exact) mass is 309 g/mol. The Bertz CT molecular complexity index is 609. The lowest BCUT2D eigenvalue weighted by atomic mass is 9.92. The van der Waals surface area contributed by atoms with Crippen molar-refractivity contribution in [2.45, 2.75) is 38.3 Å². The molecule has 1 fully saturated rings. The second-order valence-electron chi connectivity index (χ2n) is 6.12. The molecule has 3 rings (SSSR count). The molecule has 120 valence electrons. The van der Waals surface area contributed by atoms with Gasteiger partial charge >= 0.3 is 6.03 Å². The summed E-state index contributed by atoms with van der Waals surface area (Å²) in [5.74, 6) is 0.529. The molecular weight excluding hydrogens is 286 g/mol. The van der Waals surface area contributed by atoms with Crippen molar-refractivity contribution < 1.29 is 4.79 Å². The fourth-order valence-corrected chi connectivity index (χ4v) is 3.30. The minimum Gasteiger partial charge on any atom is -0.334 e. The zero-order valence-electron chi connectivity index (χ0n) is 13.2. The maximum atomic E-state index is 12.3. The molecule has 1 heterocycles. The Morgan fingerprint density at radius 2 is 1.91 bits per heavy atom. The first kappa shape index (κ1) is 15.5. The molecule has 2 amide bonds. The van der Waals surface area contributed by atoms with Crippen LogP contribution < -0.4 is 10.6 Å². The number of hydrogen-bond acceptors (Lipinski definition) is 2. The molecule has 0 bridgehead atoms. The molecule has 4 heteroatoms. The number of rotatable bonds is 5. The average Bonchev–Trinajstić information content (AvgIpc) is 3.14. The second-order valence-corrected chi connectivity index (χ2v) is 6.12. The van der Waals surface area contributed by atoms with E-state index < -0.39 is 0 Å². The van der Waals surface area contributed by atoms with Crippen LogP contribution in [0.1, 0.15) is 42.9 Å². The number of hydrogen-bond donors (Lipinski definition) is 2. The van der Waals surface area contributed by atoms with Crippen LogP contribution in [0.3, 0.4) is 0 Å². The van der Waals surface area contributed by atoms with Crippen molar-refractivity contribution in [3.8, 4) is 0 Å². The number of carbonyl (C=O) groups excluding carboxylic acids is 1. The van der Waals surface area contributed by atoms with Crippen LogP contribution in [0.4, 0.5) is 4.79 Å². The van der Waals surface area contributed by atoms with Gasteiger partial charge in [0, 0.05) is 18.9 Å². The van der Waals surface area contributed by atoms with Gasteiger partial charge in [-0.3, -0.25) is 4.98 Å². The SMILES string of the molecule is O=C(NCc1cccnc1)NC(c1ccccc1)C1CCCC1. The Kier molecular flexibility index (Phi) is 5.25. The second kappa shape index (κ2) is 7.77. The van der Waals surface area contributed by atoms with Gasteiger partial charge in [0.2, 0.25) is 0 Å². The van der Waals surface area contributed by atoms with Crippen LogP contribution >= 0.6 is 0 Å². The summed E-state index contributed by atoms with van der Waals surface area (Å²) in [5.41, 5.74) is 2.19. The predicted molar refractivity (Wildman–Crippen MR) is 90.7 cm³/mol. The molecule has 2 N–H and O–H groups in total. The molecule has 0 aliphatic heterocycles. The molecule has 1 unspecified atom stereocenters. The van der Waals surface area contributed by atoms with Gasteiger partial charge in [-0.25, -0.2) is 4.79 Å². The van der Waals surface area contributed by atoms with E-state index in [-0.39, 0.29) is 12.1 Å². The van der Waals surface area contributed by atoms with E-state index in [9.17, 15) is 4.79 Å². The topological polar surface area (TPSA) is 54.0 Å². The number of benzene rings is 1. The fraction of sp³-hybridized carbons (Fsp3) is 0.368. The van der Waals surface area contributed by atoms with E-state index in [1.165, 1.54) is 31.2 Å². The third-order valence-corrected chi connectivity index (χ3v) is 4.49. The summed E-state index contributed by atoms with van der Waals surface area (Å²) in [6.07, 6.45) is 8.38. The molecule has 1 aliphatic rings. The zero-order chi connectivity index (χ0) is 15.9. The van der Waals surface area contributed by atoms with Crippen molar-refractivity contribution in [3.63, 3.8) is 0 Å². The highest BCUT2D eigenvalue weighted by molar-refractivity contribution is 5.74. The molecule has 1 atom stereocenters. The first-order valence-corrected chi connectivity index (χ1v) is 8.31. The normalized spacial score (nSPS) is 16.0. The largest absolute Gasteiger partial charge is 0.334 e. The minimum absolute atomic E-state index is 0.0904. The molecule has 1 aromatic heterocycles. The molecule has 23 heavy (non-hydrogen) atoms. The first-order chi connectivity index (χ1) is 11.3. The van der Waals surface area contributed by atoms with Gasteiger partial charge in [-0.2, -0.15) is 0 Å². The standard InChI is InChI=1S/C19H23N3O/c23-19(21-14-15-7-6-12-20-13-15)22-18(17-10-4-5-11-17)16-8-2-1-3-9-16/h1-3,6-9,12-13,17-18H,4-5,10-11,14H2,(H2,21,22,23). The smallest absolute Gasteiger partial charge is 0.315 e. The van der Waals surface area contributed by atoms with Crippen LogP contribution in [0, 0.1) is 5.92 Å². The number of nitrogens with zero attached hydrogens (tertiary/aromatic N) is 1. The van der Waals surface area contributed by atoms with Gasteiger partial charge in [-0.1, -0.05) is 49.2 Å². The summed E-state index contributed by atoms with van der Waals surface area (Å²) in [7, 11) is 0. The highest BCUT2D eigenvalue weighted by Crippen LogP contribution is 2.35. The summed E-state index contributed by atoms with van der Waals surface area (Å²) < 4.78 is 0. The third-order valence-electron chi connectivity index (χ3n) is 4.49. The van der Waals surface area contributed by atoms with E-state index in [0.717, 1.165) is 5.56 Å². The Morgan fingerprint density at radius 3 is 2.61 bits per heavy atom. The zero-order valence-corrected chi connectivity index (χ0v) is 13.2. The van der Waals surface area contributed by atoms with Crippen LogP contribution in [-0.2, 0) is 6.54 Å². The Labute approximate surface area is 137 Å². The van der Waals surface area contributed by atoms with Gasteiger partial charge in [0.15, 0.2) is 0 Å². The lowest BCUT2D eigenvalue weighted by Gasteiger charge is -2.25. The van der Waals surface area contributed by atoms with Crippen LogP contribution in [0.2, 0.25) is 0 Å². The first-order valence-electron chi connectivity index (χ1n) is 8.31. The van der Waals surface area contributed by atoms with E-state index in [4.69, 9.17) is 0 Å². The quantitative estimate of drug-likeness (QED) is 0.882. The van der Waals surface area contributed by atoms with Crippen LogP contribution in [0.5, 0.6) is 0 Å². The van der Waals surface area contributed by atoms with Gasteiger partial charge in [-0.15, -0.1) is 0 Å². The Morgan fingerprint density at radius 1 is 1.13 bits per heavy atom. The van der Waals surface area contributed by atoms with Gasteiger partial charge in [-0.05, 0) is 36.0 Å². The van der Waals surface area contributed by atoms with E-state index >= 15 is 0 Å². The van der Waals surface area contributed by atoms with Gasteiger partial charge in [0.05, 0.1) is 6.04 Å². The summed E-state index contributed by atoms with van der Waals surface area (Å²) in [4.78, 5) is 16.4. The highest BCUT2D eigenvalue weighted by Gasteiger charge is 2.27. The molecule has 0 saturated heterocycles. The van der Waals surface area contributed by atoms with Gasteiger partial charge in [0.1, 0.15) is 0 Å². The average molecular weight is 309 g/mol. The highest BCUT2D eigenvalue weighted by atomic mass is 16.2. The molecule has 0 radical (unpaired) electrons. The molecule has 1 aliphatic carbocycles. The Hall–Kier alpha value is -2.36. The van der Waals surface area contributed by atoms with Crippen LogP contribution in [-0.4, -0.2) is 11.0 Å². The molecule has 0 spiro atoms. The number of nitrogens with one attached hydrogen (secondary N) is 2. The summed E-state index contributed by atoms with van der Waals surface area (Å²) in [6.45, 7) is 0.492. The van der Waals surface area contributed by atoms with Crippen molar-refractivity contribution >= 4 is 6.03 Å². The number of aromatic nitrogens is 1. The molecule has 1 aromatic carbocycles. The fourth-order valence-electron chi connectivity index (χ4n) is 3.30. The Balaban J connectivity index is 1.62. The van der Waals surface area contributed by atoms with E-state index in [0.29, 0.717) is 12.5 Å². The summed E-state index contributed by atoms with van der Waals surface area (Å²) >= 11 is 0. The van der Waals surface area contributed by atoms with Gasteiger partial charge in [0.25, 0.3) is 0 Å². The van der Waals surface area contributed by atoms with Crippen molar-refractivity contribution in [2.24, 2.45) is 5.92 Å². The number of carbonyl (C=O) groups is 1. The number of amides is 2. The number of urea groups is 1. The van der Waals surface area contributed by atoms with Crippen LogP contribution in [0.15, 0.2) is 54.9 Å². The summed E-state index contributed by atoms with van der Waals surface area (Å²) in [5, 5.41) is 6.11. The summed E-state index contributed by atoms with van der Waals surface area (Å²) in [6, 6.07) is 14.1. The predicted octanol–water partition coefficient (Wildman–Crippen LogP) is 3.81. The molecule has 1 saturated carbocycles. The lowest BCUT2D eigenvalue weighted by molar-refractivity contribution is 0.230. The van der Waals surface area contributed by atoms with Crippen molar-refractivity contribution in [2.75, 3.05) is 0 Å². The van der Waals surface area contributed by atoms with E-state index in [2.05, 4.69) is 27.8 Å². The molecular formula is C19H23N3O. The van der Waals surface area contributed by atoms with E-state index in [1.807, 2.05) is 30.3 Å². The number of pyridine rings is 1.